The highest BCUT2D eigenvalue weighted by Gasteiger charge is 2.32. The first-order valence-electron chi connectivity index (χ1n) is 21.2. The number of thiazole rings is 1. The predicted octanol–water partition coefficient (Wildman–Crippen LogP) is 6.23. The first kappa shape index (κ1) is 49.0. The summed E-state index contributed by atoms with van der Waals surface area (Å²) in [6, 6.07) is 13.7. The first-order valence-corrected chi connectivity index (χ1v) is 23.3. The fourth-order valence-corrected chi connectivity index (χ4v) is 8.81. The number of carbonyl (C=O) groups excluding carboxylic acids is 4. The van der Waals surface area contributed by atoms with Gasteiger partial charge in [-0.2, -0.15) is 0 Å². The molecule has 1 aliphatic heterocycles. The molecule has 0 aliphatic carbocycles. The van der Waals surface area contributed by atoms with E-state index in [1.54, 1.807) is 35.6 Å². The van der Waals surface area contributed by atoms with E-state index in [0.717, 1.165) is 42.9 Å². The molecule has 20 heteroatoms. The van der Waals surface area contributed by atoms with Crippen molar-refractivity contribution in [3.05, 3.63) is 103 Å². The van der Waals surface area contributed by atoms with Crippen molar-refractivity contribution in [3.63, 3.8) is 0 Å². The monoisotopic (exact) mass is 947 g/mol. The van der Waals surface area contributed by atoms with Gasteiger partial charge in [0.15, 0.2) is 11.0 Å². The number of carbonyl (C=O) groups is 4. The number of aliphatic imine (C=N–C) groups is 1. The van der Waals surface area contributed by atoms with Crippen LogP contribution in [0, 0.1) is 34.6 Å². The lowest BCUT2D eigenvalue weighted by molar-refractivity contribution is -0.123. The molecule has 0 saturated carbocycles. The van der Waals surface area contributed by atoms with Crippen molar-refractivity contribution in [2.45, 2.75) is 59.9 Å². The Labute approximate surface area is 390 Å². The summed E-state index contributed by atoms with van der Waals surface area (Å²) in [6.45, 7) is 12.8. The third-order valence-electron chi connectivity index (χ3n) is 10.3. The second-order valence-electron chi connectivity index (χ2n) is 15.0. The van der Waals surface area contributed by atoms with E-state index in [0.29, 0.717) is 72.7 Å². The molecule has 4 N–H and O–H groups in total. The molecule has 0 fully saturated rings. The van der Waals surface area contributed by atoms with E-state index < -0.39 is 6.04 Å². The maximum Gasteiger partial charge on any atom is 0.259 e. The van der Waals surface area contributed by atoms with Gasteiger partial charge in [-0.3, -0.25) is 34.1 Å². The number of benzene rings is 2. The van der Waals surface area contributed by atoms with Crippen molar-refractivity contribution in [3.8, 4) is 5.00 Å². The van der Waals surface area contributed by atoms with Crippen molar-refractivity contribution < 1.29 is 38.1 Å². The van der Waals surface area contributed by atoms with Crippen LogP contribution in [0.4, 0.5) is 10.8 Å². The third-order valence-corrected chi connectivity index (χ3v) is 12.7. The number of aryl methyl sites for hydroxylation is 4. The molecule has 2 aromatic carbocycles. The van der Waals surface area contributed by atoms with Gasteiger partial charge in [0.25, 0.3) is 5.91 Å². The minimum Gasteiger partial charge on any atom is -0.379 e. The van der Waals surface area contributed by atoms with Gasteiger partial charge in [0, 0.05) is 45.4 Å². The molecule has 3 aromatic heterocycles. The first-order chi connectivity index (χ1) is 31.4. The van der Waals surface area contributed by atoms with Gasteiger partial charge < -0.3 is 34.9 Å². The van der Waals surface area contributed by atoms with Gasteiger partial charge >= 0.3 is 0 Å². The SMILES string of the molecule is Cc1nc(NC(=O)c2ccccc2NC(=O)CCOCCOCCOCCOCCC(=O)NCCNC(=O)C[C@@H]2N=C(c3ccc(Cl)cc3)c3c(sc(C)c3C)-n3c(C)nnc32)sc1C. The zero-order valence-corrected chi connectivity index (χ0v) is 39.5. The summed E-state index contributed by atoms with van der Waals surface area (Å²) in [7, 11) is 0. The van der Waals surface area contributed by atoms with Crippen LogP contribution in [0.2, 0.25) is 5.02 Å². The quantitative estimate of drug-likeness (QED) is 0.0510. The van der Waals surface area contributed by atoms with Gasteiger partial charge in [0.1, 0.15) is 16.9 Å². The van der Waals surface area contributed by atoms with E-state index in [1.807, 2.05) is 49.6 Å². The molecule has 65 heavy (non-hydrogen) atoms. The lowest BCUT2D eigenvalue weighted by Gasteiger charge is -2.13. The summed E-state index contributed by atoms with van der Waals surface area (Å²) in [6.07, 6.45) is 0.322. The molecule has 0 radical (unpaired) electrons. The largest absolute Gasteiger partial charge is 0.379 e. The van der Waals surface area contributed by atoms with E-state index in [1.165, 1.54) is 11.3 Å². The van der Waals surface area contributed by atoms with Gasteiger partial charge in [0.05, 0.1) is 88.4 Å². The summed E-state index contributed by atoms with van der Waals surface area (Å²) in [5.41, 5.74) is 5.37. The van der Waals surface area contributed by atoms with Crippen LogP contribution in [0.1, 0.15) is 79.4 Å². The maximum atomic E-state index is 13.2. The van der Waals surface area contributed by atoms with Crippen molar-refractivity contribution in [1.29, 1.82) is 0 Å². The smallest absolute Gasteiger partial charge is 0.259 e. The van der Waals surface area contributed by atoms with Gasteiger partial charge in [-0.1, -0.05) is 35.9 Å². The van der Waals surface area contributed by atoms with Crippen molar-refractivity contribution in [2.75, 3.05) is 76.6 Å². The number of hydrogen-bond acceptors (Lipinski definition) is 14. The maximum absolute atomic E-state index is 13.2. The summed E-state index contributed by atoms with van der Waals surface area (Å²) >= 11 is 9.25. The number of para-hydroxylation sites is 1. The van der Waals surface area contributed by atoms with E-state index in [2.05, 4.69) is 50.3 Å². The molecule has 4 amide bonds. The van der Waals surface area contributed by atoms with E-state index in [-0.39, 0.29) is 69.2 Å². The molecule has 1 atom stereocenters. The fourth-order valence-electron chi connectivity index (χ4n) is 6.66. The zero-order chi connectivity index (χ0) is 46.3. The molecule has 17 nitrogen and oxygen atoms in total. The van der Waals surface area contributed by atoms with Crippen LogP contribution < -0.4 is 21.3 Å². The van der Waals surface area contributed by atoms with Crippen LogP contribution in [0.5, 0.6) is 0 Å². The van der Waals surface area contributed by atoms with Crippen LogP contribution in [-0.2, 0) is 33.3 Å². The number of fused-ring (bicyclic) bond motifs is 3. The van der Waals surface area contributed by atoms with Crippen LogP contribution in [0.15, 0.2) is 53.5 Å². The van der Waals surface area contributed by atoms with E-state index >= 15 is 0 Å². The molecule has 0 unspecified atom stereocenters. The molecule has 0 spiro atoms. The van der Waals surface area contributed by atoms with E-state index in [9.17, 15) is 19.2 Å². The Bertz CT molecular complexity index is 2450. The van der Waals surface area contributed by atoms with Crippen molar-refractivity contribution >= 4 is 74.4 Å². The molecule has 4 heterocycles. The Morgan fingerprint density at radius 2 is 1.32 bits per heavy atom. The molecule has 0 saturated heterocycles. The zero-order valence-electron chi connectivity index (χ0n) is 37.1. The number of halogens is 1. The van der Waals surface area contributed by atoms with Crippen LogP contribution in [0.25, 0.3) is 5.00 Å². The summed E-state index contributed by atoms with van der Waals surface area (Å²) in [4.78, 5) is 62.6. The third kappa shape index (κ3) is 13.8. The molecular weight excluding hydrogens is 894 g/mol. The lowest BCUT2D eigenvalue weighted by Crippen LogP contribution is -2.35. The van der Waals surface area contributed by atoms with Crippen LogP contribution in [-0.4, -0.2) is 115 Å². The second kappa shape index (κ2) is 24.2. The highest BCUT2D eigenvalue weighted by atomic mass is 35.5. The normalized spacial score (nSPS) is 13.1. The lowest BCUT2D eigenvalue weighted by atomic mass is 9.99. The van der Waals surface area contributed by atoms with Gasteiger partial charge in [-0.15, -0.1) is 32.9 Å². The molecule has 1 aliphatic rings. The average molecular weight is 949 g/mol. The number of nitrogens with one attached hydrogen (secondary N) is 4. The van der Waals surface area contributed by atoms with Crippen molar-refractivity contribution in [2.24, 2.45) is 4.99 Å². The Morgan fingerprint density at radius 3 is 1.97 bits per heavy atom. The van der Waals surface area contributed by atoms with Gasteiger partial charge in [0.2, 0.25) is 17.7 Å². The number of anilines is 2. The summed E-state index contributed by atoms with van der Waals surface area (Å²) in [5.74, 6) is 0.252. The molecule has 346 valence electrons. The summed E-state index contributed by atoms with van der Waals surface area (Å²) < 4.78 is 24.1. The molecule has 0 bridgehead atoms. The number of rotatable bonds is 24. The highest BCUT2D eigenvalue weighted by Crippen LogP contribution is 2.39. The summed E-state index contributed by atoms with van der Waals surface area (Å²) in [5, 5.41) is 22.2. The minimum atomic E-state index is -0.590. The number of nitrogens with zero attached hydrogens (tertiary/aromatic N) is 5. The number of ether oxygens (including phenoxy) is 4. The molecular formula is C45H54ClN9O8S2. The Hall–Kier alpha value is -5.41. The fraction of sp³-hybridized carbons (Fsp3) is 0.422. The Kier molecular flexibility index (Phi) is 18.3. The van der Waals surface area contributed by atoms with Gasteiger partial charge in [-0.05, 0) is 64.4 Å². The Morgan fingerprint density at radius 1 is 0.708 bits per heavy atom. The molecule has 5 aromatic rings. The van der Waals surface area contributed by atoms with Gasteiger partial charge in [-0.25, -0.2) is 4.98 Å². The predicted molar refractivity (Wildman–Crippen MR) is 251 cm³/mol. The average Bonchev–Trinajstić information content (AvgIpc) is 3.89. The number of aromatic nitrogens is 4. The number of amides is 4. The van der Waals surface area contributed by atoms with Crippen molar-refractivity contribution in [1.82, 2.24) is 30.4 Å². The number of hydrogen-bond donors (Lipinski definition) is 4. The highest BCUT2D eigenvalue weighted by molar-refractivity contribution is 7.16. The van der Waals surface area contributed by atoms with Crippen LogP contribution >= 0.6 is 34.3 Å². The molecule has 6 rings (SSSR count). The topological polar surface area (TPSA) is 209 Å². The second-order valence-corrected chi connectivity index (χ2v) is 17.8. The Balaban J connectivity index is 0.779. The van der Waals surface area contributed by atoms with E-state index in [4.69, 9.17) is 35.5 Å². The van der Waals surface area contributed by atoms with Crippen LogP contribution in [0.3, 0.4) is 0 Å². The number of thiophene rings is 1. The standard InChI is InChI=1S/C45H54ClN9O8S2/c1-27-29(3)64-44-40(27)41(32-10-12-33(46)13-11-32)51-36(42-54-53-31(5)55(42)44)26-39(58)48-17-16-47-37(56)14-18-60-20-22-62-24-25-63-23-21-61-19-15-38(57)50-35-9-7-6-8-34(35)43(59)52-45-49-28(2)30(4)65-45/h6-13,36H,14-26H2,1-5H3,(H,47,56)(H,48,58)(H,50,57)(H,49,52,59)/t36-/m0/s1. The minimum absolute atomic E-state index is 0.0469.